The number of carbonyl (C=O) groups excluding carboxylic acids is 1. The molecule has 0 aliphatic rings. The van der Waals surface area contributed by atoms with Crippen LogP contribution in [0.25, 0.3) is 16.9 Å². The molecule has 4 rings (SSSR count). The second kappa shape index (κ2) is 9.74. The van der Waals surface area contributed by atoms with Crippen LogP contribution in [0, 0.1) is 0 Å². The quantitative estimate of drug-likeness (QED) is 0.384. The average molecular weight is 471 g/mol. The summed E-state index contributed by atoms with van der Waals surface area (Å²) in [5, 5.41) is 15.7. The van der Waals surface area contributed by atoms with E-state index in [1.54, 1.807) is 16.9 Å². The molecule has 0 aliphatic heterocycles. The van der Waals surface area contributed by atoms with Crippen molar-refractivity contribution >= 4 is 23.4 Å². The lowest BCUT2D eigenvalue weighted by Crippen LogP contribution is -2.17. The number of alkyl halides is 3. The van der Waals surface area contributed by atoms with Crippen molar-refractivity contribution in [2.24, 2.45) is 0 Å². The molecule has 0 atom stereocenters. The summed E-state index contributed by atoms with van der Waals surface area (Å²) in [7, 11) is 0. The Labute approximate surface area is 190 Å². The summed E-state index contributed by atoms with van der Waals surface area (Å²) in [6, 6.07) is 18.0. The molecule has 1 amide bonds. The highest BCUT2D eigenvalue weighted by Gasteiger charge is 2.30. The first kappa shape index (κ1) is 22.3. The molecule has 0 spiro atoms. The zero-order valence-corrected chi connectivity index (χ0v) is 17.7. The number of aromatic nitrogens is 4. The van der Waals surface area contributed by atoms with E-state index in [0.29, 0.717) is 16.4 Å². The summed E-state index contributed by atoms with van der Waals surface area (Å²) in [5.41, 5.74) is 2.87. The van der Waals surface area contributed by atoms with Crippen LogP contribution < -0.4 is 10.1 Å². The molecule has 0 fully saturated rings. The first-order valence-corrected chi connectivity index (χ1v) is 10.6. The van der Waals surface area contributed by atoms with Crippen LogP contribution in [-0.2, 0) is 4.79 Å². The summed E-state index contributed by atoms with van der Waals surface area (Å²) in [6.45, 7) is 0. The molecule has 168 valence electrons. The first-order chi connectivity index (χ1) is 15.9. The van der Waals surface area contributed by atoms with Crippen LogP contribution >= 0.6 is 11.8 Å². The minimum atomic E-state index is -4.76. The Bertz CT molecular complexity index is 1200. The third-order valence-corrected chi connectivity index (χ3v) is 5.21. The molecule has 7 nitrogen and oxygen atoms in total. The summed E-state index contributed by atoms with van der Waals surface area (Å²) < 4.78 is 42.1. The lowest BCUT2D eigenvalue weighted by Gasteiger charge is -2.10. The number of carbonyl (C=O) groups is 1. The van der Waals surface area contributed by atoms with Crippen molar-refractivity contribution in [3.63, 3.8) is 0 Å². The Balaban J connectivity index is 1.29. The van der Waals surface area contributed by atoms with Gasteiger partial charge in [-0.1, -0.05) is 23.9 Å². The van der Waals surface area contributed by atoms with E-state index >= 15 is 0 Å². The van der Waals surface area contributed by atoms with Crippen molar-refractivity contribution in [3.8, 4) is 22.7 Å². The topological polar surface area (TPSA) is 81.9 Å². The maximum atomic E-state index is 12.2. The fraction of sp³-hybridized carbons (Fsp3) is 0.0909. The lowest BCUT2D eigenvalue weighted by atomic mass is 10.1. The van der Waals surface area contributed by atoms with Gasteiger partial charge in [0.2, 0.25) is 5.91 Å². The normalized spacial score (nSPS) is 11.2. The van der Waals surface area contributed by atoms with E-state index in [4.69, 9.17) is 0 Å². The van der Waals surface area contributed by atoms with E-state index < -0.39 is 6.36 Å². The highest BCUT2D eigenvalue weighted by molar-refractivity contribution is 7.99. The Morgan fingerprint density at radius 2 is 1.76 bits per heavy atom. The van der Waals surface area contributed by atoms with Crippen LogP contribution in [0.15, 0.2) is 84.1 Å². The van der Waals surface area contributed by atoms with Gasteiger partial charge in [0.15, 0.2) is 0 Å². The number of rotatable bonds is 7. The van der Waals surface area contributed by atoms with E-state index in [1.807, 2.05) is 42.6 Å². The molecule has 0 bridgehead atoms. The number of ether oxygens (including phenoxy) is 1. The number of halogens is 3. The molecule has 2 aromatic heterocycles. The molecule has 0 saturated carbocycles. The van der Waals surface area contributed by atoms with Gasteiger partial charge >= 0.3 is 6.36 Å². The third-order valence-electron chi connectivity index (χ3n) is 4.29. The lowest BCUT2D eigenvalue weighted by molar-refractivity contribution is -0.274. The zero-order valence-electron chi connectivity index (χ0n) is 16.9. The van der Waals surface area contributed by atoms with Gasteiger partial charge in [0.25, 0.3) is 0 Å². The molecule has 2 heterocycles. The van der Waals surface area contributed by atoms with E-state index in [9.17, 15) is 18.0 Å². The van der Waals surface area contributed by atoms with Crippen molar-refractivity contribution < 1.29 is 22.7 Å². The predicted octanol–water partition coefficient (Wildman–Crippen LogP) is 4.96. The van der Waals surface area contributed by atoms with E-state index in [0.717, 1.165) is 23.4 Å². The molecule has 0 saturated heterocycles. The largest absolute Gasteiger partial charge is 0.573 e. The van der Waals surface area contributed by atoms with Crippen LogP contribution in [0.1, 0.15) is 0 Å². The van der Waals surface area contributed by atoms with Crippen molar-refractivity contribution in [2.45, 2.75) is 11.4 Å². The number of nitrogens with zero attached hydrogens (tertiary/aromatic N) is 4. The van der Waals surface area contributed by atoms with Gasteiger partial charge in [-0.3, -0.25) is 4.79 Å². The molecule has 33 heavy (non-hydrogen) atoms. The zero-order chi connectivity index (χ0) is 23.3. The van der Waals surface area contributed by atoms with Crippen LogP contribution in [0.3, 0.4) is 0 Å². The Morgan fingerprint density at radius 3 is 2.36 bits per heavy atom. The molecule has 4 aromatic rings. The second-order valence-electron chi connectivity index (χ2n) is 6.66. The summed E-state index contributed by atoms with van der Waals surface area (Å²) in [5.74, 6) is -0.626. The number of anilines is 1. The Morgan fingerprint density at radius 1 is 1.00 bits per heavy atom. The Kier molecular flexibility index (Phi) is 6.59. The van der Waals surface area contributed by atoms with Crippen molar-refractivity contribution in [1.29, 1.82) is 0 Å². The van der Waals surface area contributed by atoms with Crippen molar-refractivity contribution in [1.82, 2.24) is 20.0 Å². The molecular formula is C22H16F3N5O2S. The van der Waals surface area contributed by atoms with Gasteiger partial charge in [-0.05, 0) is 54.6 Å². The van der Waals surface area contributed by atoms with Gasteiger partial charge < -0.3 is 10.1 Å². The second-order valence-corrected chi connectivity index (χ2v) is 7.66. The number of hydrogen-bond acceptors (Lipinski definition) is 6. The number of benzene rings is 2. The van der Waals surface area contributed by atoms with Crippen molar-refractivity contribution in [3.05, 3.63) is 79.1 Å². The van der Waals surface area contributed by atoms with Crippen LogP contribution in [0.2, 0.25) is 0 Å². The SMILES string of the molecule is O=C(CSc1ccc(-c2ccc(-n3cccn3)cc2)nn1)Nc1ccc(OC(F)(F)F)cc1. The first-order valence-electron chi connectivity index (χ1n) is 9.58. The monoisotopic (exact) mass is 471 g/mol. The number of hydrogen-bond donors (Lipinski definition) is 1. The summed E-state index contributed by atoms with van der Waals surface area (Å²) in [4.78, 5) is 12.1. The number of nitrogens with one attached hydrogen (secondary N) is 1. The molecule has 0 unspecified atom stereocenters. The van der Waals surface area contributed by atoms with Gasteiger partial charge in [-0.15, -0.1) is 23.4 Å². The minimum absolute atomic E-state index is 0.0629. The highest BCUT2D eigenvalue weighted by Crippen LogP contribution is 2.25. The fourth-order valence-electron chi connectivity index (χ4n) is 2.83. The molecule has 0 radical (unpaired) electrons. The van der Waals surface area contributed by atoms with Gasteiger partial charge in [0.1, 0.15) is 10.8 Å². The molecule has 0 aliphatic carbocycles. The number of thioether (sulfide) groups is 1. The third kappa shape index (κ3) is 6.32. The van der Waals surface area contributed by atoms with Crippen molar-refractivity contribution in [2.75, 3.05) is 11.1 Å². The maximum Gasteiger partial charge on any atom is 0.573 e. The maximum absolute atomic E-state index is 12.2. The molecule has 2 aromatic carbocycles. The standard InChI is InChI=1S/C22H16F3N5O2S/c23-22(24,25)32-18-8-4-16(5-9-18)27-20(31)14-33-21-11-10-19(28-29-21)15-2-6-17(7-3-15)30-13-1-12-26-30/h1-13H,14H2,(H,27,31). The average Bonchev–Trinajstić information content (AvgIpc) is 3.34. The van der Waals surface area contributed by atoms with Gasteiger partial charge in [-0.2, -0.15) is 5.10 Å². The van der Waals surface area contributed by atoms with E-state index in [2.05, 4.69) is 25.3 Å². The molecular weight excluding hydrogens is 455 g/mol. The fourth-order valence-corrected chi connectivity index (χ4v) is 3.45. The predicted molar refractivity (Wildman–Crippen MR) is 117 cm³/mol. The Hall–Kier alpha value is -3.86. The van der Waals surface area contributed by atoms with E-state index in [1.165, 1.54) is 23.9 Å². The number of amides is 1. The molecule has 1 N–H and O–H groups in total. The van der Waals surface area contributed by atoms with Gasteiger partial charge in [-0.25, -0.2) is 4.68 Å². The summed E-state index contributed by atoms with van der Waals surface area (Å²) in [6.07, 6.45) is -1.20. The van der Waals surface area contributed by atoms with Gasteiger partial charge in [0.05, 0.1) is 17.1 Å². The van der Waals surface area contributed by atoms with E-state index in [-0.39, 0.29) is 17.4 Å². The summed E-state index contributed by atoms with van der Waals surface area (Å²) >= 11 is 1.19. The van der Waals surface area contributed by atoms with Gasteiger partial charge in [0, 0.05) is 23.6 Å². The smallest absolute Gasteiger partial charge is 0.406 e. The highest BCUT2D eigenvalue weighted by atomic mass is 32.2. The van der Waals surface area contributed by atoms with Crippen LogP contribution in [-0.4, -0.2) is 38.0 Å². The van der Waals surface area contributed by atoms with Crippen LogP contribution in [0.5, 0.6) is 5.75 Å². The molecule has 11 heteroatoms. The minimum Gasteiger partial charge on any atom is -0.406 e. The van der Waals surface area contributed by atoms with Crippen LogP contribution in [0.4, 0.5) is 18.9 Å².